The normalized spacial score (nSPS) is 2.40. The summed E-state index contributed by atoms with van der Waals surface area (Å²) in [5.74, 6) is 0. The van der Waals surface area contributed by atoms with Crippen molar-refractivity contribution in [2.24, 2.45) is 0 Å². The van der Waals surface area contributed by atoms with E-state index in [0.717, 1.165) is 0 Å². The van der Waals surface area contributed by atoms with Gasteiger partial charge in [-0.15, -0.1) is 0 Å². The number of hydrogen-bond donors (Lipinski definition) is 0. The van der Waals surface area contributed by atoms with Crippen molar-refractivity contribution in [3.05, 3.63) is 0 Å². The first-order chi connectivity index (χ1) is 2.00. The van der Waals surface area contributed by atoms with Gasteiger partial charge in [0, 0.05) is 0 Å². The van der Waals surface area contributed by atoms with Crippen molar-refractivity contribution in [3.63, 3.8) is 0 Å². The fraction of sp³-hybridized carbons (Fsp3) is 0. The Morgan fingerprint density at radius 3 is 0.800 bits per heavy atom. The molecule has 0 rings (SSSR count). The topological polar surface area (TPSA) is 46.1 Å². The summed E-state index contributed by atoms with van der Waals surface area (Å²) in [4.78, 5) is 0. The van der Waals surface area contributed by atoms with E-state index in [4.69, 9.17) is 19.7 Å². The number of hydrogen-bond acceptors (Lipinski definition) is 2. The Morgan fingerprint density at radius 2 is 0.800 bits per heavy atom. The molecule has 0 aliphatic carbocycles. The van der Waals surface area contributed by atoms with E-state index in [9.17, 15) is 0 Å². The van der Waals surface area contributed by atoms with E-state index in [1.54, 1.807) is 0 Å². The van der Waals surface area contributed by atoms with Gasteiger partial charge in [-0.05, 0) is 0 Å². The minimum atomic E-state index is 0. The predicted octanol–water partition coefficient (Wildman–Crippen LogP) is -1.54. The predicted molar refractivity (Wildman–Crippen MR) is 2.22 cm³/mol. The third kappa shape index (κ3) is 253. The second-order valence-corrected chi connectivity index (χ2v) is 0. The summed E-state index contributed by atoms with van der Waals surface area (Å²) in [5.41, 5.74) is 0. The third-order valence-electron chi connectivity index (χ3n) is 0. The summed E-state index contributed by atoms with van der Waals surface area (Å²) in [6, 6.07) is 0. The molecule has 0 unspecified atom stereocenters. The maximum absolute atomic E-state index is 8.25. The van der Waals surface area contributed by atoms with E-state index in [1.165, 1.54) is 0 Å². The van der Waals surface area contributed by atoms with Crippen molar-refractivity contribution in [2.45, 2.75) is 0 Å². The maximum Gasteiger partial charge on any atom is 2.00 e. The van der Waals surface area contributed by atoms with Crippen LogP contribution in [-0.2, 0) is 17.1 Å². The Labute approximate surface area is 37.7 Å². The van der Waals surface area contributed by atoms with Crippen molar-refractivity contribution in [3.8, 4) is 0 Å². The summed E-state index contributed by atoms with van der Waals surface area (Å²) >= 11 is 0. The molecule has 0 aliphatic heterocycles. The first kappa shape index (κ1) is 18.5. The van der Waals surface area contributed by atoms with Crippen molar-refractivity contribution >= 4 is 0 Å². The Kier molecular flexibility index (Phi) is 1930. The van der Waals surface area contributed by atoms with Crippen LogP contribution in [0.3, 0.4) is 0 Å². The monoisotopic (exact) mass is 126 g/mol. The third-order valence-corrected chi connectivity index (χ3v) is 0. The van der Waals surface area contributed by atoms with Gasteiger partial charge in [0.25, 0.3) is 0 Å². The molecule has 0 radical (unpaired) electrons. The van der Waals surface area contributed by atoms with Crippen molar-refractivity contribution in [2.75, 3.05) is 0 Å². The summed E-state index contributed by atoms with van der Waals surface area (Å²) in [6.45, 7) is 0. The Balaban J connectivity index is -0.0000000133. The smallest absolute Gasteiger partial charge is 0.682 e. The van der Waals surface area contributed by atoms with E-state index >= 15 is 0 Å². The molecular weight excluding hydrogens is 126 g/mol. The van der Waals surface area contributed by atoms with Gasteiger partial charge in [0.1, 0.15) is 0 Å². The van der Waals surface area contributed by atoms with E-state index in [2.05, 4.69) is 0 Å². The molecule has 0 fully saturated rings. The summed E-state index contributed by atoms with van der Waals surface area (Å²) in [5, 5.41) is 13.5. The molecule has 0 heterocycles. The Bertz CT molecular complexity index is 7.61. The molecule has 0 aromatic carbocycles. The molecule has 0 spiro atoms. The molecule has 5 heteroatoms. The molecule has 0 aromatic rings. The van der Waals surface area contributed by atoms with Gasteiger partial charge in [0.2, 0.25) is 0 Å². The van der Waals surface area contributed by atoms with Crippen molar-refractivity contribution < 1.29 is 36.7 Å². The Morgan fingerprint density at radius 1 is 0.800 bits per heavy atom. The molecule has 0 amide bonds. The summed E-state index contributed by atoms with van der Waals surface area (Å²) < 4.78 is 16.5. The molecule has 0 saturated heterocycles. The van der Waals surface area contributed by atoms with Crippen LogP contribution in [-0.4, -0.2) is 0 Å². The number of halogens is 2. The van der Waals surface area contributed by atoms with Gasteiger partial charge in [-0.1, -0.05) is 0 Å². The van der Waals surface area contributed by atoms with E-state index in [0.29, 0.717) is 0 Å². The molecule has 0 atom stereocenters. The van der Waals surface area contributed by atoms with E-state index in [1.807, 2.05) is 0 Å². The van der Waals surface area contributed by atoms with Gasteiger partial charge in [0.05, 0.1) is 0 Å². The van der Waals surface area contributed by atoms with Gasteiger partial charge >= 0.3 is 17.1 Å². The van der Waals surface area contributed by atoms with Crippen LogP contribution in [0.4, 0.5) is 9.05 Å². The molecule has 0 aromatic heterocycles. The van der Waals surface area contributed by atoms with Crippen LogP contribution in [0.25, 0.3) is 0 Å². The first-order valence-electron chi connectivity index (χ1n) is 0.309. The van der Waals surface area contributed by atoms with Crippen LogP contribution in [0.15, 0.2) is 0 Å². The SMILES string of the molecule is [Fe+2].[O-]F.[O-]F. The average Bonchev–Trinajstić information content (AvgIpc) is 1.50. The standard InChI is InChI=1S/2FO.Fe/c2*1-2;/q2*-1;+2. The van der Waals surface area contributed by atoms with Gasteiger partial charge in [-0.2, -0.15) is 0 Å². The van der Waals surface area contributed by atoms with Crippen LogP contribution < -0.4 is 10.6 Å². The first-order valence-corrected chi connectivity index (χ1v) is 0.309. The van der Waals surface area contributed by atoms with Crippen molar-refractivity contribution in [1.29, 1.82) is 0 Å². The minimum Gasteiger partial charge on any atom is -0.682 e. The zero-order valence-electron chi connectivity index (χ0n) is 1.93. The largest absolute Gasteiger partial charge is 2.00 e. The van der Waals surface area contributed by atoms with Gasteiger partial charge in [-0.3, -0.25) is 0 Å². The van der Waals surface area contributed by atoms with Crippen LogP contribution in [0.2, 0.25) is 0 Å². The van der Waals surface area contributed by atoms with Crippen molar-refractivity contribution in [1.82, 2.24) is 0 Å². The summed E-state index contributed by atoms with van der Waals surface area (Å²) in [7, 11) is 0. The molecule has 2 nitrogen and oxygen atoms in total. The van der Waals surface area contributed by atoms with Crippen LogP contribution in [0.1, 0.15) is 0 Å². The quantitative estimate of drug-likeness (QED) is 0.369. The second kappa shape index (κ2) is 522. The molecule has 34 valence electrons. The average molecular weight is 126 g/mol. The van der Waals surface area contributed by atoms with Gasteiger partial charge in [-0.25, -0.2) is 0 Å². The van der Waals surface area contributed by atoms with E-state index < -0.39 is 0 Å². The minimum absolute atomic E-state index is 0. The maximum atomic E-state index is 8.25. The van der Waals surface area contributed by atoms with Gasteiger partial charge < -0.3 is 19.7 Å². The molecule has 0 bridgehead atoms. The zero-order chi connectivity index (χ0) is 4.00. The second-order valence-electron chi connectivity index (χ2n) is 0. The molecule has 0 saturated carbocycles. The number of rotatable bonds is 0. The Hall–Kier alpha value is 0.299. The van der Waals surface area contributed by atoms with E-state index in [-0.39, 0.29) is 17.1 Å². The zero-order valence-corrected chi connectivity index (χ0v) is 3.03. The summed E-state index contributed by atoms with van der Waals surface area (Å²) in [6.07, 6.45) is 0. The molecular formula is F2FeO2. The fourth-order valence-electron chi connectivity index (χ4n) is 0. The molecule has 0 aliphatic rings. The van der Waals surface area contributed by atoms with Crippen LogP contribution >= 0.6 is 0 Å². The molecule has 5 heavy (non-hydrogen) atoms. The van der Waals surface area contributed by atoms with Gasteiger partial charge in [0.15, 0.2) is 0 Å². The van der Waals surface area contributed by atoms with Crippen LogP contribution in [0.5, 0.6) is 0 Å². The van der Waals surface area contributed by atoms with Crippen LogP contribution in [0, 0.1) is 0 Å². The molecule has 0 N–H and O–H groups in total. The fourth-order valence-corrected chi connectivity index (χ4v) is 0.